The third-order valence-corrected chi connectivity index (χ3v) is 2.96. The smallest absolute Gasteiger partial charge is 0.267 e. The van der Waals surface area contributed by atoms with Gasteiger partial charge in [-0.25, -0.2) is 4.68 Å². The molecule has 0 saturated carbocycles. The van der Waals surface area contributed by atoms with Gasteiger partial charge in [0.25, 0.3) is 5.56 Å². The van der Waals surface area contributed by atoms with Gasteiger partial charge < -0.3 is 10.6 Å². The number of anilines is 2. The zero-order valence-corrected chi connectivity index (χ0v) is 12.2. The standard InChI is InChI=1S/C15H16N4O3/c1-10(19-14(21)4-3-9-16-19)15(22)18-13-7-5-12(6-8-13)17-11(2)20/h3-10H,1-2H3,(H,17,20)(H,18,22). The first-order chi connectivity index (χ1) is 10.5. The third kappa shape index (κ3) is 3.78. The number of aromatic nitrogens is 2. The van der Waals surface area contributed by atoms with Crippen LogP contribution in [0.3, 0.4) is 0 Å². The molecule has 1 unspecified atom stereocenters. The van der Waals surface area contributed by atoms with E-state index in [-0.39, 0.29) is 17.4 Å². The summed E-state index contributed by atoms with van der Waals surface area (Å²) in [6, 6.07) is 8.81. The van der Waals surface area contributed by atoms with Crippen molar-refractivity contribution in [2.45, 2.75) is 19.9 Å². The molecule has 0 aliphatic heterocycles. The molecule has 7 heteroatoms. The van der Waals surface area contributed by atoms with Gasteiger partial charge in [0.2, 0.25) is 11.8 Å². The maximum atomic E-state index is 12.1. The van der Waals surface area contributed by atoms with Crippen LogP contribution in [0.15, 0.2) is 47.4 Å². The average Bonchev–Trinajstić information content (AvgIpc) is 2.48. The van der Waals surface area contributed by atoms with Crippen LogP contribution in [0.4, 0.5) is 11.4 Å². The van der Waals surface area contributed by atoms with Gasteiger partial charge in [0.15, 0.2) is 0 Å². The minimum atomic E-state index is -0.733. The normalized spacial score (nSPS) is 11.5. The van der Waals surface area contributed by atoms with E-state index in [1.807, 2.05) is 0 Å². The highest BCUT2D eigenvalue weighted by molar-refractivity contribution is 5.94. The number of carbonyl (C=O) groups is 2. The van der Waals surface area contributed by atoms with Gasteiger partial charge in [-0.3, -0.25) is 14.4 Å². The van der Waals surface area contributed by atoms with Crippen molar-refractivity contribution in [2.75, 3.05) is 10.6 Å². The van der Waals surface area contributed by atoms with E-state index in [9.17, 15) is 14.4 Å². The van der Waals surface area contributed by atoms with Crippen LogP contribution in [0, 0.1) is 0 Å². The monoisotopic (exact) mass is 300 g/mol. The molecule has 2 aromatic rings. The van der Waals surface area contributed by atoms with Crippen molar-refractivity contribution in [3.8, 4) is 0 Å². The molecule has 1 aromatic heterocycles. The van der Waals surface area contributed by atoms with Gasteiger partial charge in [-0.1, -0.05) is 0 Å². The van der Waals surface area contributed by atoms with Crippen molar-refractivity contribution in [3.05, 3.63) is 52.9 Å². The number of nitrogens with zero attached hydrogens (tertiary/aromatic N) is 2. The molecule has 1 heterocycles. The topological polar surface area (TPSA) is 93.1 Å². The number of hydrogen-bond acceptors (Lipinski definition) is 4. The Bertz CT molecular complexity index is 737. The molecule has 114 valence electrons. The maximum Gasteiger partial charge on any atom is 0.267 e. The summed E-state index contributed by atoms with van der Waals surface area (Å²) in [5.41, 5.74) is 0.862. The van der Waals surface area contributed by atoms with Crippen LogP contribution in [-0.2, 0) is 9.59 Å². The molecule has 2 amide bonds. The summed E-state index contributed by atoms with van der Waals surface area (Å²) in [5.74, 6) is -0.520. The molecule has 1 atom stereocenters. The van der Waals surface area contributed by atoms with Crippen molar-refractivity contribution < 1.29 is 9.59 Å². The lowest BCUT2D eigenvalue weighted by Crippen LogP contribution is -2.32. The van der Waals surface area contributed by atoms with Gasteiger partial charge in [-0.2, -0.15) is 5.10 Å². The van der Waals surface area contributed by atoms with Crippen molar-refractivity contribution in [3.63, 3.8) is 0 Å². The molecular weight excluding hydrogens is 284 g/mol. The lowest BCUT2D eigenvalue weighted by Gasteiger charge is -2.13. The zero-order chi connectivity index (χ0) is 16.1. The lowest BCUT2D eigenvalue weighted by atomic mass is 10.2. The molecule has 0 bridgehead atoms. The van der Waals surface area contributed by atoms with Crippen LogP contribution < -0.4 is 16.2 Å². The van der Waals surface area contributed by atoms with Crippen LogP contribution in [0.5, 0.6) is 0 Å². The van der Waals surface area contributed by atoms with Crippen molar-refractivity contribution in [2.24, 2.45) is 0 Å². The zero-order valence-electron chi connectivity index (χ0n) is 12.2. The summed E-state index contributed by atoms with van der Waals surface area (Å²) in [6.07, 6.45) is 1.45. The summed E-state index contributed by atoms with van der Waals surface area (Å²) in [5, 5.41) is 9.21. The van der Waals surface area contributed by atoms with E-state index in [1.165, 1.54) is 25.3 Å². The molecular formula is C15H16N4O3. The highest BCUT2D eigenvalue weighted by atomic mass is 16.2. The van der Waals surface area contributed by atoms with E-state index in [1.54, 1.807) is 31.2 Å². The Morgan fingerprint density at radius 2 is 1.68 bits per heavy atom. The Kier molecular flexibility index (Phi) is 4.67. The third-order valence-electron chi connectivity index (χ3n) is 2.96. The number of rotatable bonds is 4. The lowest BCUT2D eigenvalue weighted by molar-refractivity contribution is -0.119. The second-order valence-electron chi connectivity index (χ2n) is 4.73. The predicted molar refractivity (Wildman–Crippen MR) is 82.6 cm³/mol. The SMILES string of the molecule is CC(=O)Nc1ccc(NC(=O)C(C)n2ncccc2=O)cc1. The molecule has 0 saturated heterocycles. The Hall–Kier alpha value is -2.96. The van der Waals surface area contributed by atoms with E-state index in [0.717, 1.165) is 4.68 Å². The summed E-state index contributed by atoms with van der Waals surface area (Å²) in [7, 11) is 0. The molecule has 7 nitrogen and oxygen atoms in total. The van der Waals surface area contributed by atoms with E-state index in [2.05, 4.69) is 15.7 Å². The largest absolute Gasteiger partial charge is 0.326 e. The number of hydrogen-bond donors (Lipinski definition) is 2. The van der Waals surface area contributed by atoms with Crippen LogP contribution in [0.2, 0.25) is 0 Å². The Labute approximate surface area is 127 Å². The molecule has 0 radical (unpaired) electrons. The minimum Gasteiger partial charge on any atom is -0.326 e. The summed E-state index contributed by atoms with van der Waals surface area (Å²) in [6.45, 7) is 3.01. The molecule has 2 rings (SSSR count). The van der Waals surface area contributed by atoms with Gasteiger partial charge in [-0.15, -0.1) is 0 Å². The van der Waals surface area contributed by atoms with Gasteiger partial charge in [0, 0.05) is 30.6 Å². The van der Waals surface area contributed by atoms with E-state index >= 15 is 0 Å². The first-order valence-corrected chi connectivity index (χ1v) is 6.70. The second kappa shape index (κ2) is 6.66. The predicted octanol–water partition coefficient (Wildman–Crippen LogP) is 1.40. The van der Waals surface area contributed by atoms with Gasteiger partial charge >= 0.3 is 0 Å². The van der Waals surface area contributed by atoms with E-state index in [4.69, 9.17) is 0 Å². The maximum absolute atomic E-state index is 12.1. The summed E-state index contributed by atoms with van der Waals surface area (Å²) >= 11 is 0. The number of nitrogens with one attached hydrogen (secondary N) is 2. The second-order valence-corrected chi connectivity index (χ2v) is 4.73. The van der Waals surface area contributed by atoms with E-state index in [0.29, 0.717) is 11.4 Å². The van der Waals surface area contributed by atoms with Gasteiger partial charge in [-0.05, 0) is 37.3 Å². The Balaban J connectivity index is 2.07. The van der Waals surface area contributed by atoms with Gasteiger partial charge in [0.05, 0.1) is 0 Å². The molecule has 0 aliphatic rings. The summed E-state index contributed by atoms with van der Waals surface area (Å²) in [4.78, 5) is 34.7. The molecule has 0 fully saturated rings. The molecule has 1 aromatic carbocycles. The number of benzene rings is 1. The van der Waals surface area contributed by atoms with Crippen LogP contribution in [0.25, 0.3) is 0 Å². The molecule has 22 heavy (non-hydrogen) atoms. The number of carbonyl (C=O) groups excluding carboxylic acids is 2. The quantitative estimate of drug-likeness (QED) is 0.892. The summed E-state index contributed by atoms with van der Waals surface area (Å²) < 4.78 is 1.11. The fraction of sp³-hybridized carbons (Fsp3) is 0.200. The molecule has 2 N–H and O–H groups in total. The fourth-order valence-electron chi connectivity index (χ4n) is 1.86. The van der Waals surface area contributed by atoms with Crippen LogP contribution in [-0.4, -0.2) is 21.6 Å². The first-order valence-electron chi connectivity index (χ1n) is 6.70. The fourth-order valence-corrected chi connectivity index (χ4v) is 1.86. The first kappa shape index (κ1) is 15.4. The Morgan fingerprint density at radius 1 is 1.09 bits per heavy atom. The van der Waals surface area contributed by atoms with Crippen LogP contribution in [0.1, 0.15) is 19.9 Å². The number of amides is 2. The highest BCUT2D eigenvalue weighted by Gasteiger charge is 2.16. The van der Waals surface area contributed by atoms with E-state index < -0.39 is 6.04 Å². The van der Waals surface area contributed by atoms with Crippen molar-refractivity contribution in [1.29, 1.82) is 0 Å². The average molecular weight is 300 g/mol. The highest BCUT2D eigenvalue weighted by Crippen LogP contribution is 2.15. The Morgan fingerprint density at radius 3 is 2.23 bits per heavy atom. The molecule has 0 aliphatic carbocycles. The van der Waals surface area contributed by atoms with Crippen LogP contribution >= 0.6 is 0 Å². The van der Waals surface area contributed by atoms with Crippen molar-refractivity contribution in [1.82, 2.24) is 9.78 Å². The minimum absolute atomic E-state index is 0.167. The van der Waals surface area contributed by atoms with Gasteiger partial charge in [0.1, 0.15) is 6.04 Å². The molecule has 0 spiro atoms. The van der Waals surface area contributed by atoms with Crippen molar-refractivity contribution >= 4 is 23.2 Å².